The summed E-state index contributed by atoms with van der Waals surface area (Å²) in [6.07, 6.45) is 1.78. The number of nitrogens with two attached hydrogens (primary N) is 1. The van der Waals surface area contributed by atoms with Crippen molar-refractivity contribution in [2.24, 2.45) is 5.73 Å². The predicted octanol–water partition coefficient (Wildman–Crippen LogP) is 3.19. The summed E-state index contributed by atoms with van der Waals surface area (Å²) in [6.45, 7) is 5.70. The Morgan fingerprint density at radius 2 is 1.83 bits per heavy atom. The summed E-state index contributed by atoms with van der Waals surface area (Å²) in [6, 6.07) is 6.73. The zero-order chi connectivity index (χ0) is 13.3. The van der Waals surface area contributed by atoms with Gasteiger partial charge in [0.05, 0.1) is 11.7 Å². The Balaban J connectivity index is 2.41. The van der Waals surface area contributed by atoms with Crippen LogP contribution in [0.3, 0.4) is 0 Å². The summed E-state index contributed by atoms with van der Waals surface area (Å²) < 4.78 is 13.5. The minimum atomic E-state index is -0.388. The zero-order valence-corrected chi connectivity index (χ0v) is 10.9. The van der Waals surface area contributed by atoms with Crippen LogP contribution in [0, 0.1) is 26.6 Å². The van der Waals surface area contributed by atoms with Crippen LogP contribution in [-0.2, 0) is 0 Å². The van der Waals surface area contributed by atoms with Gasteiger partial charge in [-0.1, -0.05) is 18.2 Å². The molecule has 0 amide bonds. The van der Waals surface area contributed by atoms with Crippen LogP contribution < -0.4 is 5.73 Å². The Morgan fingerprint density at radius 1 is 1.11 bits per heavy atom. The molecule has 0 aliphatic rings. The second-order valence-electron chi connectivity index (χ2n) is 4.70. The Hall–Kier alpha value is -1.74. The molecule has 0 bridgehead atoms. The molecule has 1 unspecified atom stereocenters. The van der Waals surface area contributed by atoms with Gasteiger partial charge in [0.15, 0.2) is 0 Å². The molecular weight excluding hydrogens is 227 g/mol. The summed E-state index contributed by atoms with van der Waals surface area (Å²) in [4.78, 5) is 4.36. The Labute approximate surface area is 107 Å². The van der Waals surface area contributed by atoms with Crippen LogP contribution in [0.1, 0.15) is 34.0 Å². The van der Waals surface area contributed by atoms with Crippen molar-refractivity contribution in [2.75, 3.05) is 0 Å². The summed E-state index contributed by atoms with van der Waals surface area (Å²) in [7, 11) is 0. The first-order valence-electron chi connectivity index (χ1n) is 5.94. The quantitative estimate of drug-likeness (QED) is 0.881. The highest BCUT2D eigenvalue weighted by atomic mass is 19.1. The third kappa shape index (κ3) is 2.41. The minimum Gasteiger partial charge on any atom is -0.319 e. The van der Waals surface area contributed by atoms with Crippen LogP contribution in [-0.4, -0.2) is 4.98 Å². The Morgan fingerprint density at radius 3 is 2.44 bits per heavy atom. The first-order chi connectivity index (χ1) is 8.49. The molecule has 2 rings (SSSR count). The van der Waals surface area contributed by atoms with Crippen LogP contribution >= 0.6 is 0 Å². The molecule has 2 N–H and O–H groups in total. The van der Waals surface area contributed by atoms with Gasteiger partial charge in [-0.25, -0.2) is 4.39 Å². The van der Waals surface area contributed by atoms with Gasteiger partial charge < -0.3 is 5.73 Å². The molecule has 1 heterocycles. The van der Waals surface area contributed by atoms with Crippen molar-refractivity contribution in [3.8, 4) is 0 Å². The fourth-order valence-corrected chi connectivity index (χ4v) is 2.01. The average molecular weight is 244 g/mol. The van der Waals surface area contributed by atoms with Gasteiger partial charge in [0.2, 0.25) is 0 Å². The van der Waals surface area contributed by atoms with Crippen molar-refractivity contribution in [1.82, 2.24) is 4.98 Å². The smallest absolute Gasteiger partial charge is 0.126 e. The topological polar surface area (TPSA) is 38.9 Å². The molecule has 1 aromatic heterocycles. The van der Waals surface area contributed by atoms with E-state index < -0.39 is 0 Å². The van der Waals surface area contributed by atoms with Crippen LogP contribution in [0.2, 0.25) is 0 Å². The molecule has 0 saturated heterocycles. The first kappa shape index (κ1) is 12.7. The van der Waals surface area contributed by atoms with E-state index in [9.17, 15) is 4.39 Å². The van der Waals surface area contributed by atoms with E-state index in [0.29, 0.717) is 5.56 Å². The second-order valence-corrected chi connectivity index (χ2v) is 4.70. The van der Waals surface area contributed by atoms with Gasteiger partial charge in [-0.05, 0) is 49.1 Å². The summed E-state index contributed by atoms with van der Waals surface area (Å²) >= 11 is 0. The Bertz CT molecular complexity index is 579. The monoisotopic (exact) mass is 244 g/mol. The largest absolute Gasteiger partial charge is 0.319 e. The number of nitrogens with zero attached hydrogens (tertiary/aromatic N) is 1. The highest BCUT2D eigenvalue weighted by Crippen LogP contribution is 2.22. The number of aromatic nitrogens is 1. The summed E-state index contributed by atoms with van der Waals surface area (Å²) in [5, 5.41) is 0. The van der Waals surface area contributed by atoms with Crippen molar-refractivity contribution in [3.05, 3.63) is 64.2 Å². The molecule has 0 fully saturated rings. The fraction of sp³-hybridized carbons (Fsp3) is 0.267. The van der Waals surface area contributed by atoms with E-state index in [1.165, 1.54) is 6.07 Å². The van der Waals surface area contributed by atoms with E-state index in [2.05, 4.69) is 4.98 Å². The molecule has 0 spiro atoms. The van der Waals surface area contributed by atoms with Crippen LogP contribution in [0.5, 0.6) is 0 Å². The van der Waals surface area contributed by atoms with Gasteiger partial charge in [-0.2, -0.15) is 0 Å². The van der Waals surface area contributed by atoms with E-state index in [0.717, 1.165) is 22.4 Å². The fourth-order valence-electron chi connectivity index (χ4n) is 2.01. The number of pyridine rings is 1. The van der Waals surface area contributed by atoms with E-state index in [-0.39, 0.29) is 11.9 Å². The number of aryl methyl sites for hydroxylation is 3. The summed E-state index contributed by atoms with van der Waals surface area (Å²) in [5.74, 6) is -0.229. The molecule has 3 heteroatoms. The van der Waals surface area contributed by atoms with Crippen LogP contribution in [0.4, 0.5) is 4.39 Å². The van der Waals surface area contributed by atoms with Gasteiger partial charge in [0.1, 0.15) is 5.82 Å². The number of hydrogen-bond acceptors (Lipinski definition) is 2. The second kappa shape index (κ2) is 4.86. The average Bonchev–Trinajstić information content (AvgIpc) is 2.32. The van der Waals surface area contributed by atoms with Gasteiger partial charge in [0, 0.05) is 6.20 Å². The number of benzene rings is 1. The molecular formula is C15H17FN2. The SMILES string of the molecule is Cc1cnc(C(N)c2ccc(C)c(F)c2)c(C)c1. The van der Waals surface area contributed by atoms with E-state index in [4.69, 9.17) is 5.73 Å². The lowest BCUT2D eigenvalue weighted by Crippen LogP contribution is -2.15. The molecule has 18 heavy (non-hydrogen) atoms. The van der Waals surface area contributed by atoms with Crippen molar-refractivity contribution in [1.29, 1.82) is 0 Å². The lowest BCUT2D eigenvalue weighted by Gasteiger charge is -2.15. The number of rotatable bonds is 2. The summed E-state index contributed by atoms with van der Waals surface area (Å²) in [5.41, 5.74) is 10.5. The normalized spacial score (nSPS) is 12.5. The number of halogens is 1. The van der Waals surface area contributed by atoms with Gasteiger partial charge >= 0.3 is 0 Å². The molecule has 2 aromatic rings. The van der Waals surface area contributed by atoms with Crippen molar-refractivity contribution in [2.45, 2.75) is 26.8 Å². The van der Waals surface area contributed by atoms with Crippen LogP contribution in [0.15, 0.2) is 30.5 Å². The molecule has 0 aliphatic heterocycles. The maximum absolute atomic E-state index is 13.5. The van der Waals surface area contributed by atoms with E-state index in [1.54, 1.807) is 19.2 Å². The molecule has 0 saturated carbocycles. The molecule has 0 radical (unpaired) electrons. The molecule has 0 aliphatic carbocycles. The Kier molecular flexibility index (Phi) is 3.43. The highest BCUT2D eigenvalue weighted by Gasteiger charge is 2.14. The highest BCUT2D eigenvalue weighted by molar-refractivity contribution is 5.35. The van der Waals surface area contributed by atoms with Crippen molar-refractivity contribution >= 4 is 0 Å². The molecule has 94 valence electrons. The van der Waals surface area contributed by atoms with Gasteiger partial charge in [0.25, 0.3) is 0 Å². The lowest BCUT2D eigenvalue weighted by atomic mass is 9.99. The first-order valence-corrected chi connectivity index (χ1v) is 5.94. The number of hydrogen-bond donors (Lipinski definition) is 1. The third-order valence-corrected chi connectivity index (χ3v) is 3.11. The molecule has 2 nitrogen and oxygen atoms in total. The minimum absolute atomic E-state index is 0.229. The standard InChI is InChI=1S/C15H17FN2/c1-9-6-11(3)15(18-8-9)14(17)12-5-4-10(2)13(16)7-12/h4-8,14H,17H2,1-3H3. The molecule has 1 atom stereocenters. The van der Waals surface area contributed by atoms with E-state index in [1.807, 2.05) is 26.0 Å². The molecule has 1 aromatic carbocycles. The van der Waals surface area contributed by atoms with Gasteiger partial charge in [-0.15, -0.1) is 0 Å². The van der Waals surface area contributed by atoms with E-state index >= 15 is 0 Å². The maximum Gasteiger partial charge on any atom is 0.126 e. The van der Waals surface area contributed by atoms with Gasteiger partial charge in [-0.3, -0.25) is 4.98 Å². The lowest BCUT2D eigenvalue weighted by molar-refractivity contribution is 0.613. The predicted molar refractivity (Wildman–Crippen MR) is 70.9 cm³/mol. The maximum atomic E-state index is 13.5. The zero-order valence-electron chi connectivity index (χ0n) is 10.9. The third-order valence-electron chi connectivity index (χ3n) is 3.11. The van der Waals surface area contributed by atoms with Crippen molar-refractivity contribution < 1.29 is 4.39 Å². The van der Waals surface area contributed by atoms with Crippen molar-refractivity contribution in [3.63, 3.8) is 0 Å². The van der Waals surface area contributed by atoms with Crippen LogP contribution in [0.25, 0.3) is 0 Å².